The van der Waals surface area contributed by atoms with Gasteiger partial charge in [0.1, 0.15) is 11.6 Å². The first-order chi connectivity index (χ1) is 7.29. The van der Waals surface area contributed by atoms with Crippen LogP contribution < -0.4 is 0 Å². The van der Waals surface area contributed by atoms with Crippen molar-refractivity contribution in [3.63, 3.8) is 0 Å². The fraction of sp³-hybridized carbons (Fsp3) is 0.800. The summed E-state index contributed by atoms with van der Waals surface area (Å²) in [5.74, 6) is -1.52. The van der Waals surface area contributed by atoms with Gasteiger partial charge < -0.3 is 19.8 Å². The molecule has 1 rings (SSSR count). The highest BCUT2D eigenvalue weighted by Gasteiger charge is 2.43. The first kappa shape index (κ1) is 12.9. The standard InChI is InChI=1S/C10H17NO5/c1-10(2,16-3)9(15)11-5-6(12)4-7(11)8(13)14/h6-7,12H,4-5H2,1-3H3,(H,13,14)/t6-,7-/m0/s1. The molecule has 0 aromatic rings. The second-order valence-electron chi connectivity index (χ2n) is 4.42. The number of nitrogens with zero attached hydrogens (tertiary/aromatic N) is 1. The first-order valence-corrected chi connectivity index (χ1v) is 5.06. The monoisotopic (exact) mass is 231 g/mol. The van der Waals surface area contributed by atoms with Crippen LogP contribution in [0.5, 0.6) is 0 Å². The number of hydrogen-bond donors (Lipinski definition) is 2. The lowest BCUT2D eigenvalue weighted by molar-refractivity contribution is -0.158. The van der Waals surface area contributed by atoms with Crippen LogP contribution in [0.15, 0.2) is 0 Å². The van der Waals surface area contributed by atoms with Crippen molar-refractivity contribution in [3.05, 3.63) is 0 Å². The van der Waals surface area contributed by atoms with Crippen molar-refractivity contribution in [3.8, 4) is 0 Å². The molecular formula is C10H17NO5. The molecule has 0 aromatic carbocycles. The molecule has 0 bridgehead atoms. The zero-order valence-electron chi connectivity index (χ0n) is 9.64. The lowest BCUT2D eigenvalue weighted by atomic mass is 10.1. The number of methoxy groups -OCH3 is 1. The van der Waals surface area contributed by atoms with E-state index in [9.17, 15) is 14.7 Å². The van der Waals surface area contributed by atoms with Gasteiger partial charge in [-0.1, -0.05) is 0 Å². The summed E-state index contributed by atoms with van der Waals surface area (Å²) in [4.78, 5) is 24.1. The van der Waals surface area contributed by atoms with Gasteiger partial charge in [-0.2, -0.15) is 0 Å². The summed E-state index contributed by atoms with van der Waals surface area (Å²) in [7, 11) is 1.39. The summed E-state index contributed by atoms with van der Waals surface area (Å²) in [6.07, 6.45) is -0.710. The summed E-state index contributed by atoms with van der Waals surface area (Å²) in [5, 5.41) is 18.4. The number of carboxylic acid groups (broad SMARTS) is 1. The predicted molar refractivity (Wildman–Crippen MR) is 54.8 cm³/mol. The number of hydrogen-bond acceptors (Lipinski definition) is 4. The Balaban J connectivity index is 2.86. The van der Waals surface area contributed by atoms with E-state index < -0.39 is 29.6 Å². The number of aliphatic hydroxyl groups excluding tert-OH is 1. The van der Waals surface area contributed by atoms with Crippen LogP contribution in [0.4, 0.5) is 0 Å². The van der Waals surface area contributed by atoms with Crippen molar-refractivity contribution >= 4 is 11.9 Å². The lowest BCUT2D eigenvalue weighted by Crippen LogP contribution is -2.50. The van der Waals surface area contributed by atoms with Gasteiger partial charge in [-0.25, -0.2) is 4.79 Å². The number of aliphatic hydroxyl groups is 1. The fourth-order valence-corrected chi connectivity index (χ4v) is 1.71. The molecule has 6 heteroatoms. The maximum Gasteiger partial charge on any atom is 0.326 e. The maximum atomic E-state index is 12.0. The molecule has 1 amide bonds. The number of likely N-dealkylation sites (tertiary alicyclic amines) is 1. The lowest BCUT2D eigenvalue weighted by Gasteiger charge is -2.30. The minimum atomic E-state index is -1.10. The molecule has 16 heavy (non-hydrogen) atoms. The van der Waals surface area contributed by atoms with Gasteiger partial charge in [-0.05, 0) is 13.8 Å². The average molecular weight is 231 g/mol. The molecule has 1 aliphatic heterocycles. The molecule has 1 saturated heterocycles. The second-order valence-corrected chi connectivity index (χ2v) is 4.42. The molecule has 2 atom stereocenters. The van der Waals surface area contributed by atoms with Gasteiger partial charge in [0.15, 0.2) is 0 Å². The quantitative estimate of drug-likeness (QED) is 0.681. The molecule has 6 nitrogen and oxygen atoms in total. The second kappa shape index (κ2) is 4.39. The summed E-state index contributed by atoms with van der Waals surface area (Å²) in [6, 6.07) is -0.961. The van der Waals surface area contributed by atoms with Crippen LogP contribution in [0.3, 0.4) is 0 Å². The van der Waals surface area contributed by atoms with Crippen LogP contribution >= 0.6 is 0 Å². The van der Waals surface area contributed by atoms with Gasteiger partial charge in [-0.15, -0.1) is 0 Å². The smallest absolute Gasteiger partial charge is 0.326 e. The number of carbonyl (C=O) groups excluding carboxylic acids is 1. The Hall–Kier alpha value is -1.14. The normalized spacial score (nSPS) is 25.9. The first-order valence-electron chi connectivity index (χ1n) is 5.06. The van der Waals surface area contributed by atoms with Crippen LogP contribution in [0, 0.1) is 0 Å². The third-order valence-electron chi connectivity index (χ3n) is 2.85. The summed E-state index contributed by atoms with van der Waals surface area (Å²) >= 11 is 0. The van der Waals surface area contributed by atoms with E-state index in [1.54, 1.807) is 13.8 Å². The zero-order valence-corrected chi connectivity index (χ0v) is 9.64. The molecule has 1 heterocycles. The van der Waals surface area contributed by atoms with Crippen molar-refractivity contribution in [1.82, 2.24) is 4.90 Å². The van der Waals surface area contributed by atoms with Gasteiger partial charge in [0.2, 0.25) is 0 Å². The molecule has 0 unspecified atom stereocenters. The van der Waals surface area contributed by atoms with Crippen LogP contribution in [0.25, 0.3) is 0 Å². The average Bonchev–Trinajstić information content (AvgIpc) is 2.59. The topological polar surface area (TPSA) is 87.1 Å². The number of β-amino-alcohol motifs (C(OH)–C–C–N with tert-alkyl or cyclic N) is 1. The van der Waals surface area contributed by atoms with Gasteiger partial charge in [0.05, 0.1) is 6.10 Å². The van der Waals surface area contributed by atoms with Gasteiger partial charge in [-0.3, -0.25) is 4.79 Å². The Morgan fingerprint density at radius 2 is 2.00 bits per heavy atom. The molecule has 0 spiro atoms. The number of rotatable bonds is 3. The van der Waals surface area contributed by atoms with E-state index in [1.165, 1.54) is 7.11 Å². The van der Waals surface area contributed by atoms with Crippen LogP contribution in [-0.2, 0) is 14.3 Å². The molecule has 0 saturated carbocycles. The zero-order chi connectivity index (χ0) is 12.5. The third kappa shape index (κ3) is 2.33. The van der Waals surface area contributed by atoms with E-state index in [0.717, 1.165) is 4.90 Å². The molecule has 0 radical (unpaired) electrons. The molecule has 0 aromatic heterocycles. The highest BCUT2D eigenvalue weighted by atomic mass is 16.5. The third-order valence-corrected chi connectivity index (χ3v) is 2.85. The molecule has 1 fully saturated rings. The van der Waals surface area contributed by atoms with Gasteiger partial charge in [0, 0.05) is 20.1 Å². The Morgan fingerprint density at radius 1 is 1.44 bits per heavy atom. The molecule has 0 aliphatic carbocycles. The SMILES string of the molecule is COC(C)(C)C(=O)N1C[C@@H](O)C[C@H]1C(=O)O. The molecule has 2 N–H and O–H groups in total. The van der Waals surface area contributed by atoms with Gasteiger partial charge in [0.25, 0.3) is 5.91 Å². The number of ether oxygens (including phenoxy) is 1. The maximum absolute atomic E-state index is 12.0. The largest absolute Gasteiger partial charge is 0.480 e. The summed E-state index contributed by atoms with van der Waals surface area (Å²) < 4.78 is 5.01. The van der Waals surface area contributed by atoms with E-state index in [-0.39, 0.29) is 13.0 Å². The van der Waals surface area contributed by atoms with E-state index in [4.69, 9.17) is 9.84 Å². The van der Waals surface area contributed by atoms with Crippen LogP contribution in [0.1, 0.15) is 20.3 Å². The van der Waals surface area contributed by atoms with Crippen molar-refractivity contribution in [2.75, 3.05) is 13.7 Å². The van der Waals surface area contributed by atoms with E-state index >= 15 is 0 Å². The number of carboxylic acids is 1. The Labute approximate surface area is 93.8 Å². The van der Waals surface area contributed by atoms with Crippen molar-refractivity contribution in [2.24, 2.45) is 0 Å². The Bertz CT molecular complexity index is 302. The minimum absolute atomic E-state index is 0.0442. The highest BCUT2D eigenvalue weighted by molar-refractivity contribution is 5.89. The Morgan fingerprint density at radius 3 is 2.44 bits per heavy atom. The van der Waals surface area contributed by atoms with E-state index in [0.29, 0.717) is 0 Å². The van der Waals surface area contributed by atoms with Crippen LogP contribution in [-0.4, -0.2) is 58.4 Å². The summed E-state index contributed by atoms with van der Waals surface area (Å²) in [5.41, 5.74) is -1.07. The van der Waals surface area contributed by atoms with Crippen molar-refractivity contribution < 1.29 is 24.5 Å². The fourth-order valence-electron chi connectivity index (χ4n) is 1.71. The number of amides is 1. The Kier molecular flexibility index (Phi) is 3.54. The molecule has 1 aliphatic rings. The van der Waals surface area contributed by atoms with E-state index in [2.05, 4.69) is 0 Å². The highest BCUT2D eigenvalue weighted by Crippen LogP contribution is 2.23. The van der Waals surface area contributed by atoms with Crippen molar-refractivity contribution in [1.29, 1.82) is 0 Å². The minimum Gasteiger partial charge on any atom is -0.480 e. The van der Waals surface area contributed by atoms with Crippen LogP contribution in [0.2, 0.25) is 0 Å². The van der Waals surface area contributed by atoms with Crippen molar-refractivity contribution in [2.45, 2.75) is 38.0 Å². The number of aliphatic carboxylic acids is 1. The molecular weight excluding hydrogens is 214 g/mol. The molecule has 92 valence electrons. The summed E-state index contributed by atoms with van der Waals surface area (Å²) in [6.45, 7) is 3.18. The van der Waals surface area contributed by atoms with Gasteiger partial charge >= 0.3 is 5.97 Å². The number of carbonyl (C=O) groups is 2. The van der Waals surface area contributed by atoms with E-state index in [1.807, 2.05) is 0 Å². The predicted octanol–water partition coefficient (Wildman–Crippen LogP) is -0.542.